The molecule has 2 aliphatic rings. The molecule has 2 aliphatic carbocycles. The third-order valence-corrected chi connectivity index (χ3v) is 7.51. The Kier molecular flexibility index (Phi) is 5.71. The highest BCUT2D eigenvalue weighted by atomic mass is 32.2. The number of thioether (sulfide) groups is 1. The summed E-state index contributed by atoms with van der Waals surface area (Å²) in [4.78, 5) is 20.9. The van der Waals surface area contributed by atoms with E-state index in [1.54, 1.807) is 0 Å². The Morgan fingerprint density at radius 1 is 1.21 bits per heavy atom. The highest BCUT2D eigenvalue weighted by Crippen LogP contribution is 2.48. The van der Waals surface area contributed by atoms with E-state index in [4.69, 9.17) is 4.98 Å². The molecule has 4 N–H and O–H groups in total. The second-order valence-corrected chi connectivity index (χ2v) is 9.77. The normalized spacial score (nSPS) is 25.9. The summed E-state index contributed by atoms with van der Waals surface area (Å²) in [6, 6.07) is 9.43. The topological polar surface area (TPSA) is 146 Å². The smallest absolute Gasteiger partial charge is 0.309 e. The van der Waals surface area contributed by atoms with E-state index in [-0.39, 0.29) is 12.0 Å². The van der Waals surface area contributed by atoms with E-state index in [0.717, 1.165) is 25.0 Å². The van der Waals surface area contributed by atoms with Gasteiger partial charge in [-0.3, -0.25) is 4.79 Å². The Hall–Kier alpha value is -2.76. The number of fused-ring (bicyclic) bond motifs is 1. The van der Waals surface area contributed by atoms with Crippen molar-refractivity contribution in [3.05, 3.63) is 35.9 Å². The largest absolute Gasteiger partial charge is 0.481 e. The molecule has 2 heterocycles. The molecule has 3 aromatic rings. The van der Waals surface area contributed by atoms with Crippen LogP contribution in [0.2, 0.25) is 0 Å². The van der Waals surface area contributed by atoms with Crippen LogP contribution in [0.3, 0.4) is 0 Å². The standard InChI is InChI=1S/C22H26N6O4S/c1-2-10-33-21-23-18(25-22(8-9-22)12-6-4-3-5-7-12)15-19(24-21)28(27-26-15)14-11-13(20(31)32)16(29)17(14)30/h3-7,13-14,16-17,29-30H,2,8-11H2,1H3,(H,31,32)(H,23,24,25)/t13-,14+,16+,17-/m0/s1. The van der Waals surface area contributed by atoms with Gasteiger partial charge in [0.15, 0.2) is 22.1 Å². The van der Waals surface area contributed by atoms with Crippen molar-refractivity contribution in [2.45, 2.75) is 61.6 Å². The van der Waals surface area contributed by atoms with Gasteiger partial charge >= 0.3 is 5.97 Å². The molecule has 0 bridgehead atoms. The molecular formula is C22H26N6O4S. The zero-order valence-electron chi connectivity index (χ0n) is 18.1. The molecule has 0 radical (unpaired) electrons. The van der Waals surface area contributed by atoms with E-state index >= 15 is 0 Å². The third kappa shape index (κ3) is 3.94. The maximum Gasteiger partial charge on any atom is 0.309 e. The average molecular weight is 471 g/mol. The molecule has 11 heteroatoms. The predicted octanol–water partition coefficient (Wildman–Crippen LogP) is 2.19. The number of aliphatic hydroxyl groups is 2. The van der Waals surface area contributed by atoms with Crippen molar-refractivity contribution in [1.29, 1.82) is 0 Å². The van der Waals surface area contributed by atoms with Crippen LogP contribution in [0.4, 0.5) is 5.82 Å². The van der Waals surface area contributed by atoms with Gasteiger partial charge in [-0.15, -0.1) is 5.10 Å². The van der Waals surface area contributed by atoms with Gasteiger partial charge in [-0.1, -0.05) is 54.2 Å². The highest BCUT2D eigenvalue weighted by molar-refractivity contribution is 7.99. The predicted molar refractivity (Wildman–Crippen MR) is 122 cm³/mol. The molecule has 0 unspecified atom stereocenters. The molecule has 2 fully saturated rings. The Labute approximate surface area is 194 Å². The summed E-state index contributed by atoms with van der Waals surface area (Å²) >= 11 is 1.52. The van der Waals surface area contributed by atoms with Crippen molar-refractivity contribution in [2.75, 3.05) is 11.1 Å². The van der Waals surface area contributed by atoms with E-state index in [0.29, 0.717) is 22.1 Å². The minimum atomic E-state index is -1.38. The van der Waals surface area contributed by atoms with Crippen molar-refractivity contribution >= 4 is 34.7 Å². The number of aromatic nitrogens is 5. The summed E-state index contributed by atoms with van der Waals surface area (Å²) in [5.74, 6) is -0.829. The molecule has 5 rings (SSSR count). The number of nitrogens with one attached hydrogen (secondary N) is 1. The Morgan fingerprint density at radius 2 is 1.97 bits per heavy atom. The minimum absolute atomic E-state index is 0.0360. The van der Waals surface area contributed by atoms with E-state index in [9.17, 15) is 20.1 Å². The SMILES string of the molecule is CCCSc1nc(NC2(c3ccccc3)CC2)c2nnn([C@@H]3C[C@H](C(=O)O)[C@@H](O)[C@H]3O)c2n1. The second-order valence-electron chi connectivity index (χ2n) is 8.71. The van der Waals surface area contributed by atoms with E-state index in [2.05, 4.69) is 39.7 Å². The summed E-state index contributed by atoms with van der Waals surface area (Å²) < 4.78 is 1.44. The number of benzene rings is 1. The highest BCUT2D eigenvalue weighted by Gasteiger charge is 2.48. The molecule has 4 atom stereocenters. The third-order valence-electron chi connectivity index (χ3n) is 6.46. The molecule has 2 aromatic heterocycles. The van der Waals surface area contributed by atoms with Gasteiger partial charge in [-0.05, 0) is 31.2 Å². The first kappa shape index (κ1) is 22.1. The van der Waals surface area contributed by atoms with Gasteiger partial charge in [0.1, 0.15) is 6.10 Å². The molecule has 174 valence electrons. The van der Waals surface area contributed by atoms with Gasteiger partial charge in [-0.2, -0.15) is 0 Å². The lowest BCUT2D eigenvalue weighted by Crippen LogP contribution is -2.32. The first-order valence-electron chi connectivity index (χ1n) is 11.1. The van der Waals surface area contributed by atoms with Gasteiger partial charge in [0, 0.05) is 5.75 Å². The van der Waals surface area contributed by atoms with Gasteiger partial charge in [-0.25, -0.2) is 14.6 Å². The van der Waals surface area contributed by atoms with Gasteiger partial charge in [0.25, 0.3) is 0 Å². The Balaban J connectivity index is 1.55. The quantitative estimate of drug-likeness (QED) is 0.285. The Morgan fingerprint density at radius 3 is 2.61 bits per heavy atom. The molecule has 0 aliphatic heterocycles. The number of carbonyl (C=O) groups is 1. The summed E-state index contributed by atoms with van der Waals surface area (Å²) in [5.41, 5.74) is 1.82. The number of anilines is 1. The van der Waals surface area contributed by atoms with Crippen LogP contribution >= 0.6 is 11.8 Å². The maximum absolute atomic E-state index is 11.5. The van der Waals surface area contributed by atoms with Crippen LogP contribution in [0, 0.1) is 5.92 Å². The van der Waals surface area contributed by atoms with Crippen LogP contribution in [0.25, 0.3) is 11.2 Å². The molecule has 0 amide bonds. The first-order chi connectivity index (χ1) is 15.9. The van der Waals surface area contributed by atoms with Crippen LogP contribution in [0.15, 0.2) is 35.5 Å². The molecular weight excluding hydrogens is 444 g/mol. The van der Waals surface area contributed by atoms with Crippen molar-refractivity contribution < 1.29 is 20.1 Å². The number of rotatable bonds is 8. The Bertz CT molecular complexity index is 1170. The summed E-state index contributed by atoms with van der Waals surface area (Å²) in [7, 11) is 0. The second kappa shape index (κ2) is 8.54. The van der Waals surface area contributed by atoms with Crippen LogP contribution < -0.4 is 5.32 Å². The van der Waals surface area contributed by atoms with E-state index in [1.165, 1.54) is 22.0 Å². The van der Waals surface area contributed by atoms with Crippen LogP contribution in [-0.4, -0.2) is 64.2 Å². The lowest BCUT2D eigenvalue weighted by atomic mass is 10.1. The zero-order valence-corrected chi connectivity index (χ0v) is 18.9. The number of hydrogen-bond acceptors (Lipinski definition) is 9. The van der Waals surface area contributed by atoms with Gasteiger partial charge in [0.2, 0.25) is 0 Å². The summed E-state index contributed by atoms with van der Waals surface area (Å²) in [6.45, 7) is 2.08. The summed E-state index contributed by atoms with van der Waals surface area (Å²) in [5, 5.41) is 42.8. The number of aliphatic hydroxyl groups excluding tert-OH is 2. The van der Waals surface area contributed by atoms with Crippen LogP contribution in [0.1, 0.15) is 44.2 Å². The summed E-state index contributed by atoms with van der Waals surface area (Å²) in [6.07, 6.45) is 0.243. The zero-order chi connectivity index (χ0) is 23.2. The van der Waals surface area contributed by atoms with E-state index < -0.39 is 30.1 Å². The van der Waals surface area contributed by atoms with Crippen molar-refractivity contribution in [3.8, 4) is 0 Å². The molecule has 0 saturated heterocycles. The number of hydrogen-bond donors (Lipinski definition) is 4. The number of carboxylic acids is 1. The molecule has 1 aromatic carbocycles. The fourth-order valence-electron chi connectivity index (χ4n) is 4.47. The number of carboxylic acid groups (broad SMARTS) is 1. The minimum Gasteiger partial charge on any atom is -0.481 e. The molecule has 10 nitrogen and oxygen atoms in total. The van der Waals surface area contributed by atoms with Gasteiger partial charge in [0.05, 0.1) is 23.6 Å². The lowest BCUT2D eigenvalue weighted by Gasteiger charge is -2.19. The molecule has 2 saturated carbocycles. The maximum atomic E-state index is 11.5. The fraction of sp³-hybridized carbons (Fsp3) is 0.500. The lowest BCUT2D eigenvalue weighted by molar-refractivity contribution is -0.145. The average Bonchev–Trinajstić information content (AvgIpc) is 3.38. The first-order valence-corrected chi connectivity index (χ1v) is 12.1. The van der Waals surface area contributed by atoms with Crippen molar-refractivity contribution in [3.63, 3.8) is 0 Å². The number of aliphatic carboxylic acids is 1. The van der Waals surface area contributed by atoms with E-state index in [1.807, 2.05) is 18.2 Å². The monoisotopic (exact) mass is 470 g/mol. The fourth-order valence-corrected chi connectivity index (χ4v) is 5.16. The van der Waals surface area contributed by atoms with Crippen molar-refractivity contribution in [1.82, 2.24) is 25.0 Å². The van der Waals surface area contributed by atoms with Crippen molar-refractivity contribution in [2.24, 2.45) is 5.92 Å². The molecule has 0 spiro atoms. The van der Waals surface area contributed by atoms with Crippen LogP contribution in [-0.2, 0) is 10.3 Å². The van der Waals surface area contributed by atoms with Gasteiger partial charge < -0.3 is 20.6 Å². The number of nitrogens with zero attached hydrogens (tertiary/aromatic N) is 5. The van der Waals surface area contributed by atoms with Crippen LogP contribution in [0.5, 0.6) is 0 Å². The molecule has 33 heavy (non-hydrogen) atoms.